The van der Waals surface area contributed by atoms with Gasteiger partial charge in [0.1, 0.15) is 11.5 Å². The summed E-state index contributed by atoms with van der Waals surface area (Å²) in [6.07, 6.45) is 0. The molecule has 18 heavy (non-hydrogen) atoms. The maximum Gasteiger partial charge on any atom is 0.258 e. The molecule has 0 aliphatic heterocycles. The van der Waals surface area contributed by atoms with Crippen LogP contribution in [0, 0.1) is 0 Å². The van der Waals surface area contributed by atoms with Crippen LogP contribution in [0.4, 0.5) is 0 Å². The van der Waals surface area contributed by atoms with E-state index in [2.05, 4.69) is 37.2 Å². The minimum atomic E-state index is -0.289. The summed E-state index contributed by atoms with van der Waals surface area (Å²) in [5.41, 5.74) is 0. The van der Waals surface area contributed by atoms with Crippen molar-refractivity contribution in [3.63, 3.8) is 0 Å². The van der Waals surface area contributed by atoms with Gasteiger partial charge >= 0.3 is 0 Å². The van der Waals surface area contributed by atoms with Crippen molar-refractivity contribution in [2.24, 2.45) is 0 Å². The van der Waals surface area contributed by atoms with Gasteiger partial charge in [-0.05, 0) is 44.0 Å². The number of amides is 1. The second kappa shape index (κ2) is 7.60. The van der Waals surface area contributed by atoms with E-state index in [0.29, 0.717) is 16.0 Å². The summed E-state index contributed by atoms with van der Waals surface area (Å²) < 4.78 is 11.9. The molecule has 0 saturated carbocycles. The summed E-state index contributed by atoms with van der Waals surface area (Å²) in [6.45, 7) is 0.0105. The Morgan fingerprint density at radius 3 is 2.56 bits per heavy atom. The van der Waals surface area contributed by atoms with Gasteiger partial charge in [0.05, 0.1) is 22.7 Å². The molecule has 1 aromatic carbocycles. The Hall–Kier alpha value is -0.790. The van der Waals surface area contributed by atoms with Crippen molar-refractivity contribution < 1.29 is 19.4 Å². The molecule has 7 heteroatoms. The summed E-state index contributed by atoms with van der Waals surface area (Å²) in [6, 6.07) is 3.45. The molecule has 0 aliphatic rings. The lowest BCUT2D eigenvalue weighted by Crippen LogP contribution is -2.31. The van der Waals surface area contributed by atoms with Crippen LogP contribution in [0.25, 0.3) is 0 Å². The van der Waals surface area contributed by atoms with Crippen LogP contribution in [-0.4, -0.2) is 37.9 Å². The van der Waals surface area contributed by atoms with E-state index >= 15 is 0 Å². The third-order valence-corrected chi connectivity index (χ3v) is 3.24. The van der Waals surface area contributed by atoms with E-state index in [1.165, 1.54) is 0 Å². The van der Waals surface area contributed by atoms with E-state index in [0.717, 1.165) is 4.47 Å². The van der Waals surface area contributed by atoms with Gasteiger partial charge < -0.3 is 19.9 Å². The molecule has 0 radical (unpaired) electrons. The minimum absolute atomic E-state index is 0.0937. The van der Waals surface area contributed by atoms with Gasteiger partial charge in [0.2, 0.25) is 0 Å². The first-order valence-electron chi connectivity index (χ1n) is 5.12. The molecule has 0 fully saturated rings. The molecule has 0 aliphatic carbocycles. The number of hydrogen-bond donors (Lipinski definition) is 2. The zero-order valence-corrected chi connectivity index (χ0v) is 12.9. The number of aliphatic hydroxyl groups is 1. The lowest BCUT2D eigenvalue weighted by Gasteiger charge is -2.11. The van der Waals surface area contributed by atoms with Crippen molar-refractivity contribution in [1.29, 1.82) is 0 Å². The SMILES string of the molecule is COc1cc(Br)c(OCC(=O)NCCO)cc1Br. The number of halogens is 2. The maximum absolute atomic E-state index is 11.3. The van der Waals surface area contributed by atoms with Crippen LogP contribution in [-0.2, 0) is 4.79 Å². The number of benzene rings is 1. The molecule has 1 aromatic rings. The normalized spacial score (nSPS) is 10.0. The molecule has 1 rings (SSSR count). The number of aliphatic hydroxyl groups excluding tert-OH is 1. The maximum atomic E-state index is 11.3. The standard InChI is InChI=1S/C11H13Br2NO4/c1-17-9-4-8(13)10(5-7(9)12)18-6-11(16)14-2-3-15/h4-5,15H,2-3,6H2,1H3,(H,14,16). The largest absolute Gasteiger partial charge is 0.496 e. The van der Waals surface area contributed by atoms with E-state index < -0.39 is 0 Å². The van der Waals surface area contributed by atoms with E-state index in [1.54, 1.807) is 19.2 Å². The van der Waals surface area contributed by atoms with Gasteiger partial charge in [-0.1, -0.05) is 0 Å². The van der Waals surface area contributed by atoms with Gasteiger partial charge in [0.15, 0.2) is 6.61 Å². The molecule has 0 heterocycles. The van der Waals surface area contributed by atoms with E-state index in [-0.39, 0.29) is 25.7 Å². The van der Waals surface area contributed by atoms with Crippen molar-refractivity contribution in [2.75, 3.05) is 26.9 Å². The number of methoxy groups -OCH3 is 1. The fraction of sp³-hybridized carbons (Fsp3) is 0.364. The van der Waals surface area contributed by atoms with Gasteiger partial charge in [0, 0.05) is 6.54 Å². The highest BCUT2D eigenvalue weighted by atomic mass is 79.9. The van der Waals surface area contributed by atoms with Crippen molar-refractivity contribution in [1.82, 2.24) is 5.32 Å². The highest BCUT2D eigenvalue weighted by Gasteiger charge is 2.09. The molecular weight excluding hydrogens is 370 g/mol. The first-order valence-corrected chi connectivity index (χ1v) is 6.70. The number of carbonyl (C=O) groups is 1. The molecular formula is C11H13Br2NO4. The molecule has 0 saturated heterocycles. The molecule has 0 unspecified atom stereocenters. The second-order valence-corrected chi connectivity index (χ2v) is 4.99. The molecule has 1 amide bonds. The Morgan fingerprint density at radius 2 is 1.94 bits per heavy atom. The topological polar surface area (TPSA) is 67.8 Å². The molecule has 0 spiro atoms. The minimum Gasteiger partial charge on any atom is -0.496 e. The fourth-order valence-electron chi connectivity index (χ4n) is 1.17. The lowest BCUT2D eigenvalue weighted by molar-refractivity contribution is -0.123. The smallest absolute Gasteiger partial charge is 0.258 e. The fourth-order valence-corrected chi connectivity index (χ4v) is 2.09. The average molecular weight is 383 g/mol. The van der Waals surface area contributed by atoms with Crippen LogP contribution in [0.15, 0.2) is 21.1 Å². The van der Waals surface area contributed by atoms with Crippen molar-refractivity contribution in [2.45, 2.75) is 0 Å². The van der Waals surface area contributed by atoms with Crippen LogP contribution in [0.1, 0.15) is 0 Å². The second-order valence-electron chi connectivity index (χ2n) is 3.28. The average Bonchev–Trinajstić information content (AvgIpc) is 2.36. The van der Waals surface area contributed by atoms with Gasteiger partial charge in [-0.2, -0.15) is 0 Å². The Bertz CT molecular complexity index is 426. The quantitative estimate of drug-likeness (QED) is 0.785. The van der Waals surface area contributed by atoms with Gasteiger partial charge in [-0.15, -0.1) is 0 Å². The van der Waals surface area contributed by atoms with Crippen LogP contribution >= 0.6 is 31.9 Å². The van der Waals surface area contributed by atoms with E-state index in [4.69, 9.17) is 14.6 Å². The van der Waals surface area contributed by atoms with Gasteiger partial charge in [0.25, 0.3) is 5.91 Å². The molecule has 0 aromatic heterocycles. The predicted molar refractivity (Wildman–Crippen MR) is 74.0 cm³/mol. The third-order valence-electron chi connectivity index (χ3n) is 2.00. The number of carbonyl (C=O) groups excluding carboxylic acids is 1. The summed E-state index contributed by atoms with van der Waals surface area (Å²) >= 11 is 6.66. The Balaban J connectivity index is 2.62. The van der Waals surface area contributed by atoms with Gasteiger partial charge in [-0.25, -0.2) is 0 Å². The van der Waals surface area contributed by atoms with Gasteiger partial charge in [-0.3, -0.25) is 4.79 Å². The molecule has 100 valence electrons. The zero-order valence-electron chi connectivity index (χ0n) is 9.70. The molecule has 2 N–H and O–H groups in total. The van der Waals surface area contributed by atoms with Crippen LogP contribution in [0.2, 0.25) is 0 Å². The predicted octanol–water partition coefficient (Wildman–Crippen LogP) is 1.71. The first kappa shape index (κ1) is 15.3. The monoisotopic (exact) mass is 381 g/mol. The van der Waals surface area contributed by atoms with E-state index in [1.807, 2.05) is 0 Å². The Morgan fingerprint density at radius 1 is 1.33 bits per heavy atom. The summed E-state index contributed by atoms with van der Waals surface area (Å²) in [7, 11) is 1.56. The van der Waals surface area contributed by atoms with Crippen molar-refractivity contribution in [3.8, 4) is 11.5 Å². The van der Waals surface area contributed by atoms with Crippen LogP contribution in [0.5, 0.6) is 11.5 Å². The molecule has 0 atom stereocenters. The van der Waals surface area contributed by atoms with Crippen LogP contribution < -0.4 is 14.8 Å². The van der Waals surface area contributed by atoms with Crippen LogP contribution in [0.3, 0.4) is 0 Å². The van der Waals surface area contributed by atoms with Crippen molar-refractivity contribution >= 4 is 37.8 Å². The molecule has 5 nitrogen and oxygen atoms in total. The summed E-state index contributed by atoms with van der Waals surface area (Å²) in [5, 5.41) is 11.0. The summed E-state index contributed by atoms with van der Waals surface area (Å²) in [5.74, 6) is 0.906. The Labute approximate surface area is 122 Å². The van der Waals surface area contributed by atoms with E-state index in [9.17, 15) is 4.79 Å². The lowest BCUT2D eigenvalue weighted by atomic mass is 10.3. The number of nitrogens with one attached hydrogen (secondary N) is 1. The Kier molecular flexibility index (Phi) is 6.45. The molecule has 0 bridgehead atoms. The number of rotatable bonds is 6. The summed E-state index contributed by atoms with van der Waals surface area (Å²) in [4.78, 5) is 11.3. The number of hydrogen-bond acceptors (Lipinski definition) is 4. The first-order chi connectivity index (χ1) is 8.58. The highest BCUT2D eigenvalue weighted by molar-refractivity contribution is 9.11. The highest BCUT2D eigenvalue weighted by Crippen LogP contribution is 2.35. The third kappa shape index (κ3) is 4.47. The number of ether oxygens (including phenoxy) is 2. The zero-order chi connectivity index (χ0) is 13.5. The van der Waals surface area contributed by atoms with Crippen molar-refractivity contribution in [3.05, 3.63) is 21.1 Å².